The van der Waals surface area contributed by atoms with Gasteiger partial charge in [0.1, 0.15) is 12.7 Å². The molecule has 0 fully saturated rings. The molecule has 0 heterocycles. The first-order valence-electron chi connectivity index (χ1n) is 6.38. The molecule has 0 aromatic heterocycles. The van der Waals surface area contributed by atoms with Crippen LogP contribution in [0.25, 0.3) is 0 Å². The normalized spacial score (nSPS) is 14.1. The number of hydrogen-bond donors (Lipinski definition) is 2. The molecule has 0 spiro atoms. The Morgan fingerprint density at radius 3 is 2.65 bits per heavy atom. The number of benzene rings is 1. The molecule has 0 saturated carbocycles. The summed E-state index contributed by atoms with van der Waals surface area (Å²) in [6.45, 7) is 1.86. The number of halogens is 1. The highest BCUT2D eigenvalue weighted by molar-refractivity contribution is 5.34. The fourth-order valence-corrected chi connectivity index (χ4v) is 1.63. The molecule has 1 aromatic rings. The van der Waals surface area contributed by atoms with E-state index in [-0.39, 0.29) is 31.7 Å². The fraction of sp³-hybridized carbons (Fsp3) is 0.571. The van der Waals surface area contributed by atoms with Crippen molar-refractivity contribution in [2.24, 2.45) is 0 Å². The predicted octanol–water partition coefficient (Wildman–Crippen LogP) is 1.11. The van der Waals surface area contributed by atoms with Gasteiger partial charge in [0, 0.05) is 12.7 Å². The monoisotopic (exact) mass is 288 g/mol. The van der Waals surface area contributed by atoms with Crippen molar-refractivity contribution in [3.05, 3.63) is 29.6 Å². The zero-order chi connectivity index (χ0) is 15.0. The molecule has 0 aliphatic rings. The third kappa shape index (κ3) is 5.42. The zero-order valence-corrected chi connectivity index (χ0v) is 11.7. The second kappa shape index (κ2) is 8.86. The second-order valence-corrected chi connectivity index (χ2v) is 4.45. The van der Waals surface area contributed by atoms with Gasteiger partial charge in [-0.1, -0.05) is 12.1 Å². The average molecular weight is 288 g/mol. The van der Waals surface area contributed by atoms with Crippen LogP contribution in [0.4, 0.5) is 4.39 Å². The quantitative estimate of drug-likeness (QED) is 0.712. The summed E-state index contributed by atoms with van der Waals surface area (Å²) >= 11 is 0. The topological polar surface area (TPSA) is 68.2 Å². The number of hydrogen-bond acceptors (Lipinski definition) is 5. The number of methoxy groups -OCH3 is 1. The minimum absolute atomic E-state index is 0.0426. The van der Waals surface area contributed by atoms with Crippen molar-refractivity contribution in [2.75, 3.05) is 26.9 Å². The van der Waals surface area contributed by atoms with Crippen LogP contribution in [0.2, 0.25) is 0 Å². The summed E-state index contributed by atoms with van der Waals surface area (Å²) in [4.78, 5) is 0. The number of para-hydroxylation sites is 1. The zero-order valence-electron chi connectivity index (χ0n) is 11.7. The van der Waals surface area contributed by atoms with Crippen LogP contribution in [0.3, 0.4) is 0 Å². The molecular weight excluding hydrogens is 267 g/mol. The maximum absolute atomic E-state index is 13.5. The summed E-state index contributed by atoms with van der Waals surface area (Å²) in [6.07, 6.45) is -1.03. The Hall–Kier alpha value is -1.21. The molecule has 2 N–H and O–H groups in total. The molecule has 0 aliphatic carbocycles. The molecule has 2 atom stereocenters. The molecule has 114 valence electrons. The van der Waals surface area contributed by atoms with Crippen molar-refractivity contribution >= 4 is 0 Å². The molecular formula is C14H21FO5. The molecule has 5 nitrogen and oxygen atoms in total. The van der Waals surface area contributed by atoms with Crippen LogP contribution < -0.4 is 4.74 Å². The van der Waals surface area contributed by atoms with Gasteiger partial charge in [0.25, 0.3) is 0 Å². The lowest BCUT2D eigenvalue weighted by molar-refractivity contribution is -0.0427. The molecule has 0 saturated heterocycles. The van der Waals surface area contributed by atoms with E-state index in [9.17, 15) is 9.50 Å². The van der Waals surface area contributed by atoms with Crippen LogP contribution in [-0.4, -0.2) is 49.4 Å². The Labute approximate surface area is 117 Å². The molecule has 6 heteroatoms. The minimum Gasteiger partial charge on any atom is -0.487 e. The fourth-order valence-electron chi connectivity index (χ4n) is 1.63. The summed E-state index contributed by atoms with van der Waals surface area (Å²) in [5.41, 5.74) is 0.339. The van der Waals surface area contributed by atoms with Crippen molar-refractivity contribution in [2.45, 2.75) is 25.7 Å². The molecule has 1 aromatic carbocycles. The molecule has 0 aliphatic heterocycles. The first-order chi connectivity index (χ1) is 9.58. The number of rotatable bonds is 9. The molecule has 0 amide bonds. The maximum Gasteiger partial charge on any atom is 0.165 e. The van der Waals surface area contributed by atoms with Gasteiger partial charge in [-0.3, -0.25) is 0 Å². The highest BCUT2D eigenvalue weighted by Crippen LogP contribution is 2.22. The van der Waals surface area contributed by atoms with E-state index in [2.05, 4.69) is 0 Å². The van der Waals surface area contributed by atoms with Gasteiger partial charge in [0.15, 0.2) is 11.6 Å². The van der Waals surface area contributed by atoms with Gasteiger partial charge >= 0.3 is 0 Å². The lowest BCUT2D eigenvalue weighted by Crippen LogP contribution is -2.27. The Morgan fingerprint density at radius 2 is 2.00 bits per heavy atom. The van der Waals surface area contributed by atoms with Crippen LogP contribution in [0, 0.1) is 5.82 Å². The minimum atomic E-state index is -0.888. The van der Waals surface area contributed by atoms with Crippen molar-refractivity contribution in [3.8, 4) is 5.75 Å². The maximum atomic E-state index is 13.5. The summed E-state index contributed by atoms with van der Waals surface area (Å²) < 4.78 is 29.0. The van der Waals surface area contributed by atoms with E-state index in [1.54, 1.807) is 13.2 Å². The van der Waals surface area contributed by atoms with Gasteiger partial charge in [-0.15, -0.1) is 0 Å². The largest absolute Gasteiger partial charge is 0.487 e. The lowest BCUT2D eigenvalue weighted by atomic mass is 10.2. The predicted molar refractivity (Wildman–Crippen MR) is 71.1 cm³/mol. The number of aliphatic hydroxyl groups excluding tert-OH is 2. The summed E-state index contributed by atoms with van der Waals surface area (Å²) in [7, 11) is 1.56. The van der Waals surface area contributed by atoms with Crippen LogP contribution in [0.1, 0.15) is 12.5 Å². The van der Waals surface area contributed by atoms with E-state index in [1.165, 1.54) is 12.1 Å². The molecule has 0 bridgehead atoms. The number of ether oxygens (including phenoxy) is 3. The van der Waals surface area contributed by atoms with E-state index in [0.717, 1.165) is 0 Å². The van der Waals surface area contributed by atoms with Crippen LogP contribution in [0.15, 0.2) is 18.2 Å². The first kappa shape index (κ1) is 16.8. The van der Waals surface area contributed by atoms with Gasteiger partial charge < -0.3 is 24.4 Å². The third-order valence-corrected chi connectivity index (χ3v) is 2.61. The van der Waals surface area contributed by atoms with E-state index in [0.29, 0.717) is 12.2 Å². The van der Waals surface area contributed by atoms with Gasteiger partial charge in [-0.05, 0) is 13.0 Å². The van der Waals surface area contributed by atoms with Crippen molar-refractivity contribution in [1.82, 2.24) is 0 Å². The van der Waals surface area contributed by atoms with Crippen molar-refractivity contribution in [3.63, 3.8) is 0 Å². The Kier molecular flexibility index (Phi) is 7.46. The van der Waals surface area contributed by atoms with Crippen LogP contribution in [0.5, 0.6) is 5.75 Å². The Balaban J connectivity index is 2.43. The first-order valence-corrected chi connectivity index (χ1v) is 6.38. The van der Waals surface area contributed by atoms with Crippen LogP contribution in [-0.2, 0) is 16.1 Å². The summed E-state index contributed by atoms with van der Waals surface area (Å²) in [5.74, 6) is -0.614. The Morgan fingerprint density at radius 1 is 1.25 bits per heavy atom. The van der Waals surface area contributed by atoms with Gasteiger partial charge in [-0.25, -0.2) is 4.39 Å². The lowest BCUT2D eigenvalue weighted by Gasteiger charge is -2.17. The number of aliphatic hydroxyl groups is 2. The second-order valence-electron chi connectivity index (χ2n) is 4.45. The summed E-state index contributed by atoms with van der Waals surface area (Å²) in [5, 5.41) is 18.8. The van der Waals surface area contributed by atoms with E-state index < -0.39 is 11.9 Å². The highest BCUT2D eigenvalue weighted by Gasteiger charge is 2.13. The van der Waals surface area contributed by atoms with E-state index in [4.69, 9.17) is 19.3 Å². The summed E-state index contributed by atoms with van der Waals surface area (Å²) in [6, 6.07) is 4.28. The molecule has 20 heavy (non-hydrogen) atoms. The average Bonchev–Trinajstić information content (AvgIpc) is 2.43. The van der Waals surface area contributed by atoms with Gasteiger partial charge in [0.2, 0.25) is 0 Å². The SMILES string of the molecule is COCC(C)OCC(O)COc1c(F)cccc1CO. The van der Waals surface area contributed by atoms with Crippen molar-refractivity contribution in [1.29, 1.82) is 0 Å². The van der Waals surface area contributed by atoms with Gasteiger partial charge in [-0.2, -0.15) is 0 Å². The molecule has 0 radical (unpaired) electrons. The van der Waals surface area contributed by atoms with E-state index in [1.807, 2.05) is 6.92 Å². The van der Waals surface area contributed by atoms with Gasteiger partial charge in [0.05, 0.1) is 25.9 Å². The molecule has 1 rings (SSSR count). The van der Waals surface area contributed by atoms with Crippen LogP contribution >= 0.6 is 0 Å². The Bertz CT molecular complexity index is 399. The standard InChI is InChI=1S/C14H21FO5/c1-10(7-18-2)19-8-12(17)9-20-14-11(6-16)4-3-5-13(14)15/h3-5,10,12,16-17H,6-9H2,1-2H3. The van der Waals surface area contributed by atoms with E-state index >= 15 is 0 Å². The smallest absolute Gasteiger partial charge is 0.165 e. The molecule has 2 unspecified atom stereocenters. The third-order valence-electron chi connectivity index (χ3n) is 2.61. The highest BCUT2D eigenvalue weighted by atomic mass is 19.1. The van der Waals surface area contributed by atoms with Crippen molar-refractivity contribution < 1.29 is 28.8 Å².